The van der Waals surface area contributed by atoms with Crippen LogP contribution in [0.25, 0.3) is 0 Å². The number of hydrogen-bond donors (Lipinski definition) is 1. The van der Waals surface area contributed by atoms with Crippen LogP contribution >= 0.6 is 27.7 Å². The quantitative estimate of drug-likeness (QED) is 0.783. The van der Waals surface area contributed by atoms with Crippen molar-refractivity contribution in [1.82, 2.24) is 5.32 Å². The van der Waals surface area contributed by atoms with E-state index in [9.17, 15) is 4.39 Å². The highest BCUT2D eigenvalue weighted by molar-refractivity contribution is 9.10. The van der Waals surface area contributed by atoms with Gasteiger partial charge in [0.15, 0.2) is 0 Å². The van der Waals surface area contributed by atoms with Crippen molar-refractivity contribution >= 4 is 27.7 Å². The van der Waals surface area contributed by atoms with Gasteiger partial charge < -0.3 is 5.32 Å². The molecule has 20 heavy (non-hydrogen) atoms. The molecule has 1 fully saturated rings. The average Bonchev–Trinajstić information content (AvgIpc) is 2.86. The molecule has 0 aliphatic carbocycles. The molecule has 0 saturated carbocycles. The first kappa shape index (κ1) is 16.3. The van der Waals surface area contributed by atoms with Crippen molar-refractivity contribution in [2.75, 3.05) is 12.3 Å². The SMILES string of the molecule is CCCNC(Cc1cc(F)ccc1Br)C1(C)CCCS1. The molecule has 1 heterocycles. The minimum Gasteiger partial charge on any atom is -0.312 e. The molecule has 1 aliphatic rings. The summed E-state index contributed by atoms with van der Waals surface area (Å²) in [5.41, 5.74) is 1.06. The molecular weight excluding hydrogens is 337 g/mol. The van der Waals surface area contributed by atoms with Crippen LogP contribution in [0.3, 0.4) is 0 Å². The summed E-state index contributed by atoms with van der Waals surface area (Å²) in [7, 11) is 0. The number of halogens is 2. The fourth-order valence-electron chi connectivity index (χ4n) is 2.82. The fourth-order valence-corrected chi connectivity index (χ4v) is 4.64. The zero-order valence-electron chi connectivity index (χ0n) is 12.2. The maximum absolute atomic E-state index is 13.5. The second-order valence-corrected chi connectivity index (χ2v) is 8.20. The zero-order chi connectivity index (χ0) is 14.6. The molecule has 1 aromatic rings. The highest BCUT2D eigenvalue weighted by atomic mass is 79.9. The number of thioether (sulfide) groups is 1. The summed E-state index contributed by atoms with van der Waals surface area (Å²) in [5, 5.41) is 3.68. The molecule has 0 bridgehead atoms. The highest BCUT2D eigenvalue weighted by Gasteiger charge is 2.37. The Balaban J connectivity index is 2.16. The molecule has 1 nitrogen and oxygen atoms in total. The second kappa shape index (κ2) is 7.28. The van der Waals surface area contributed by atoms with Gasteiger partial charge in [-0.05, 0) is 68.7 Å². The molecule has 0 amide bonds. The van der Waals surface area contributed by atoms with Crippen LogP contribution in [0.15, 0.2) is 22.7 Å². The molecule has 1 saturated heterocycles. The van der Waals surface area contributed by atoms with Crippen LogP contribution in [-0.2, 0) is 6.42 Å². The van der Waals surface area contributed by atoms with Gasteiger partial charge in [-0.3, -0.25) is 0 Å². The van der Waals surface area contributed by atoms with Crippen LogP contribution in [0.5, 0.6) is 0 Å². The first-order valence-electron chi connectivity index (χ1n) is 7.36. The van der Waals surface area contributed by atoms with E-state index in [1.54, 1.807) is 6.07 Å². The lowest BCUT2D eigenvalue weighted by atomic mass is 9.90. The van der Waals surface area contributed by atoms with Crippen LogP contribution < -0.4 is 5.32 Å². The molecule has 0 spiro atoms. The summed E-state index contributed by atoms with van der Waals surface area (Å²) < 4.78 is 14.7. The Labute approximate surface area is 134 Å². The third-order valence-electron chi connectivity index (χ3n) is 4.06. The third-order valence-corrected chi connectivity index (χ3v) is 6.47. The predicted octanol–water partition coefficient (Wildman–Crippen LogP) is 4.78. The minimum absolute atomic E-state index is 0.151. The molecule has 1 aromatic carbocycles. The molecule has 2 atom stereocenters. The molecule has 2 unspecified atom stereocenters. The number of nitrogens with one attached hydrogen (secondary N) is 1. The van der Waals surface area contributed by atoms with E-state index in [2.05, 4.69) is 46.9 Å². The van der Waals surface area contributed by atoms with Crippen LogP contribution in [0, 0.1) is 5.82 Å². The standard InChI is InChI=1S/C16H23BrFNS/c1-3-8-19-15(16(2)7-4-9-20-16)11-12-10-13(18)5-6-14(12)17/h5-6,10,15,19H,3-4,7-9,11H2,1-2H3. The van der Waals surface area contributed by atoms with Crippen LogP contribution in [-0.4, -0.2) is 23.1 Å². The molecule has 1 N–H and O–H groups in total. The van der Waals surface area contributed by atoms with Crippen molar-refractivity contribution in [1.29, 1.82) is 0 Å². The molecule has 0 aromatic heterocycles. The van der Waals surface area contributed by atoms with E-state index < -0.39 is 0 Å². The Hall–Kier alpha value is -0.0600. The first-order chi connectivity index (χ1) is 9.55. The zero-order valence-corrected chi connectivity index (χ0v) is 14.6. The van der Waals surface area contributed by atoms with Crippen molar-refractivity contribution in [3.63, 3.8) is 0 Å². The summed E-state index contributed by atoms with van der Waals surface area (Å²) in [4.78, 5) is 0. The van der Waals surface area contributed by atoms with Crippen molar-refractivity contribution in [2.24, 2.45) is 0 Å². The Morgan fingerprint density at radius 1 is 1.50 bits per heavy atom. The lowest BCUT2D eigenvalue weighted by Crippen LogP contribution is -2.47. The summed E-state index contributed by atoms with van der Waals surface area (Å²) in [6.45, 7) is 5.56. The van der Waals surface area contributed by atoms with Crippen LogP contribution in [0.1, 0.15) is 38.7 Å². The molecule has 4 heteroatoms. The second-order valence-electron chi connectivity index (χ2n) is 5.71. The van der Waals surface area contributed by atoms with Gasteiger partial charge in [-0.25, -0.2) is 4.39 Å². The van der Waals surface area contributed by atoms with Crippen molar-refractivity contribution in [2.45, 2.75) is 50.3 Å². The van der Waals surface area contributed by atoms with Crippen molar-refractivity contribution in [3.8, 4) is 0 Å². The van der Waals surface area contributed by atoms with Gasteiger partial charge in [-0.15, -0.1) is 0 Å². The molecular formula is C16H23BrFNS. The summed E-state index contributed by atoms with van der Waals surface area (Å²) in [6, 6.07) is 5.38. The van der Waals surface area contributed by atoms with E-state index in [1.807, 2.05) is 6.07 Å². The number of hydrogen-bond acceptors (Lipinski definition) is 2. The van der Waals surface area contributed by atoms with Gasteiger partial charge in [-0.2, -0.15) is 11.8 Å². The van der Waals surface area contributed by atoms with E-state index in [1.165, 1.54) is 24.7 Å². The number of benzene rings is 1. The van der Waals surface area contributed by atoms with Gasteiger partial charge in [0.05, 0.1) is 0 Å². The van der Waals surface area contributed by atoms with E-state index >= 15 is 0 Å². The predicted molar refractivity (Wildman–Crippen MR) is 90.0 cm³/mol. The molecule has 112 valence electrons. The van der Waals surface area contributed by atoms with Gasteiger partial charge in [0.1, 0.15) is 5.82 Å². The summed E-state index contributed by atoms with van der Waals surface area (Å²) in [5.74, 6) is 1.09. The maximum atomic E-state index is 13.5. The fraction of sp³-hybridized carbons (Fsp3) is 0.625. The molecule has 2 rings (SSSR count). The van der Waals surface area contributed by atoms with Crippen molar-refractivity contribution in [3.05, 3.63) is 34.1 Å². The van der Waals surface area contributed by atoms with E-state index in [-0.39, 0.29) is 10.6 Å². The molecule has 1 aliphatic heterocycles. The summed E-state index contributed by atoms with van der Waals surface area (Å²) in [6.07, 6.45) is 4.53. The largest absolute Gasteiger partial charge is 0.312 e. The lowest BCUT2D eigenvalue weighted by Gasteiger charge is -2.34. The van der Waals surface area contributed by atoms with Gasteiger partial charge in [-0.1, -0.05) is 22.9 Å². The van der Waals surface area contributed by atoms with Gasteiger partial charge in [0, 0.05) is 15.3 Å². The van der Waals surface area contributed by atoms with Crippen LogP contribution in [0.2, 0.25) is 0 Å². The van der Waals surface area contributed by atoms with Gasteiger partial charge >= 0.3 is 0 Å². The van der Waals surface area contributed by atoms with Gasteiger partial charge in [0.25, 0.3) is 0 Å². The average molecular weight is 360 g/mol. The van der Waals surface area contributed by atoms with Crippen LogP contribution in [0.4, 0.5) is 4.39 Å². The molecule has 0 radical (unpaired) electrons. The van der Waals surface area contributed by atoms with E-state index in [0.717, 1.165) is 29.4 Å². The maximum Gasteiger partial charge on any atom is 0.123 e. The van der Waals surface area contributed by atoms with Gasteiger partial charge in [0.2, 0.25) is 0 Å². The Morgan fingerprint density at radius 2 is 2.30 bits per heavy atom. The van der Waals surface area contributed by atoms with E-state index in [0.29, 0.717) is 6.04 Å². The minimum atomic E-state index is -0.151. The van der Waals surface area contributed by atoms with E-state index in [4.69, 9.17) is 0 Å². The third kappa shape index (κ3) is 3.99. The Kier molecular flexibility index (Phi) is 5.94. The normalized spacial score (nSPS) is 24.0. The Bertz CT molecular complexity index is 446. The smallest absolute Gasteiger partial charge is 0.123 e. The van der Waals surface area contributed by atoms with Crippen molar-refractivity contribution < 1.29 is 4.39 Å². The lowest BCUT2D eigenvalue weighted by molar-refractivity contribution is 0.398. The monoisotopic (exact) mass is 359 g/mol. The topological polar surface area (TPSA) is 12.0 Å². The first-order valence-corrected chi connectivity index (χ1v) is 9.14. The highest BCUT2D eigenvalue weighted by Crippen LogP contribution is 2.41. The summed E-state index contributed by atoms with van der Waals surface area (Å²) >= 11 is 5.61. The number of rotatable bonds is 6. The Morgan fingerprint density at radius 3 is 2.95 bits per heavy atom.